The molecule has 0 unspecified atom stereocenters. The van der Waals surface area contributed by atoms with Crippen LogP contribution in [-0.2, 0) is 0 Å². The van der Waals surface area contributed by atoms with E-state index in [2.05, 4.69) is 15.3 Å². The van der Waals surface area contributed by atoms with E-state index in [9.17, 15) is 4.39 Å². The average Bonchev–Trinajstić information content (AvgIpc) is 2.65. The van der Waals surface area contributed by atoms with Crippen molar-refractivity contribution < 1.29 is 8.78 Å². The number of nitrogens with one attached hydrogen (secondary N) is 1. The highest BCUT2D eigenvalue weighted by Gasteiger charge is 2.17. The van der Waals surface area contributed by atoms with Gasteiger partial charge in [-0.2, -0.15) is 0 Å². The number of halogens is 2. The molecule has 3 nitrogen and oxygen atoms in total. The third-order valence-electron chi connectivity index (χ3n) is 3.88. The number of benzene rings is 2. The maximum Gasteiger partial charge on any atom is 0.173 e. The van der Waals surface area contributed by atoms with E-state index in [4.69, 9.17) is 0 Å². The lowest BCUT2D eigenvalue weighted by Crippen LogP contribution is -2.00. The third kappa shape index (κ3) is 2.92. The molecule has 0 spiro atoms. The second-order valence-electron chi connectivity index (χ2n) is 5.54. The van der Waals surface area contributed by atoms with Crippen LogP contribution < -0.4 is 5.32 Å². The Bertz CT molecular complexity index is 1050. The van der Waals surface area contributed by atoms with E-state index in [1.165, 1.54) is 18.2 Å². The number of hydrogen-bond acceptors (Lipinski definition) is 3. The monoisotopic (exact) mass is 333 g/mol. The van der Waals surface area contributed by atoms with Crippen molar-refractivity contribution in [2.45, 2.75) is 0 Å². The third-order valence-corrected chi connectivity index (χ3v) is 3.88. The maximum absolute atomic E-state index is 15.2. The summed E-state index contributed by atoms with van der Waals surface area (Å²) in [7, 11) is 0. The average molecular weight is 333 g/mol. The van der Waals surface area contributed by atoms with E-state index in [1.54, 1.807) is 42.7 Å². The Balaban J connectivity index is 1.95. The van der Waals surface area contributed by atoms with Gasteiger partial charge in [-0.15, -0.1) is 0 Å². The number of fused-ring (bicyclic) bond motifs is 1. The van der Waals surface area contributed by atoms with Gasteiger partial charge in [-0.05, 0) is 30.3 Å². The Morgan fingerprint density at radius 2 is 1.64 bits per heavy atom. The van der Waals surface area contributed by atoms with E-state index in [-0.39, 0.29) is 5.69 Å². The summed E-state index contributed by atoms with van der Waals surface area (Å²) >= 11 is 0. The molecule has 0 radical (unpaired) electrons. The van der Waals surface area contributed by atoms with E-state index >= 15 is 4.39 Å². The molecule has 0 aliphatic heterocycles. The molecule has 0 fully saturated rings. The van der Waals surface area contributed by atoms with Gasteiger partial charge < -0.3 is 5.32 Å². The molecule has 5 heteroatoms. The molecule has 25 heavy (non-hydrogen) atoms. The van der Waals surface area contributed by atoms with Gasteiger partial charge in [-0.3, -0.25) is 4.98 Å². The van der Waals surface area contributed by atoms with Crippen LogP contribution in [0.4, 0.5) is 20.2 Å². The fourth-order valence-corrected chi connectivity index (χ4v) is 2.72. The van der Waals surface area contributed by atoms with Crippen molar-refractivity contribution in [3.05, 3.63) is 84.7 Å². The van der Waals surface area contributed by atoms with Gasteiger partial charge in [0.1, 0.15) is 11.5 Å². The Hall–Kier alpha value is -3.34. The fourth-order valence-electron chi connectivity index (χ4n) is 2.72. The molecular weight excluding hydrogens is 320 g/mol. The van der Waals surface area contributed by atoms with E-state index in [0.717, 1.165) is 0 Å². The van der Waals surface area contributed by atoms with Gasteiger partial charge in [0.25, 0.3) is 0 Å². The minimum atomic E-state index is -0.527. The highest BCUT2D eigenvalue weighted by Crippen LogP contribution is 2.34. The number of pyridine rings is 2. The van der Waals surface area contributed by atoms with E-state index in [1.807, 2.05) is 12.1 Å². The first-order valence-corrected chi connectivity index (χ1v) is 7.73. The van der Waals surface area contributed by atoms with Gasteiger partial charge in [0.15, 0.2) is 5.82 Å². The van der Waals surface area contributed by atoms with Crippen LogP contribution in [0, 0.1) is 11.6 Å². The van der Waals surface area contributed by atoms with Crippen molar-refractivity contribution in [3.8, 4) is 11.3 Å². The zero-order valence-corrected chi connectivity index (χ0v) is 13.1. The zero-order chi connectivity index (χ0) is 17.2. The normalized spacial score (nSPS) is 10.8. The quantitative estimate of drug-likeness (QED) is 0.551. The molecule has 0 saturated heterocycles. The Kier molecular flexibility index (Phi) is 3.82. The molecule has 2 heterocycles. The highest BCUT2D eigenvalue weighted by atomic mass is 19.1. The zero-order valence-electron chi connectivity index (χ0n) is 13.1. The van der Waals surface area contributed by atoms with E-state index < -0.39 is 11.6 Å². The van der Waals surface area contributed by atoms with Gasteiger partial charge >= 0.3 is 0 Å². The van der Waals surface area contributed by atoms with Crippen molar-refractivity contribution in [1.29, 1.82) is 0 Å². The first-order chi connectivity index (χ1) is 12.2. The largest absolute Gasteiger partial charge is 0.352 e. The number of nitrogens with zero attached hydrogens (tertiary/aromatic N) is 2. The molecule has 0 aliphatic carbocycles. The second kappa shape index (κ2) is 6.28. The Morgan fingerprint density at radius 3 is 2.44 bits per heavy atom. The summed E-state index contributed by atoms with van der Waals surface area (Å²) in [6.45, 7) is 0. The standard InChI is InChI=1S/C20H13F2N3/c21-14-5-3-4-13(12-14)19-18(22)20(24-15-8-10-23-11-9-15)16-6-1-2-7-17(16)25-19/h1-12H,(H,23,24,25). The first kappa shape index (κ1) is 15.2. The van der Waals surface area contributed by atoms with Crippen molar-refractivity contribution >= 4 is 22.3 Å². The van der Waals surface area contributed by atoms with Crippen LogP contribution in [0.1, 0.15) is 0 Å². The Morgan fingerprint density at radius 1 is 0.840 bits per heavy atom. The lowest BCUT2D eigenvalue weighted by atomic mass is 10.1. The molecule has 0 saturated carbocycles. The summed E-state index contributed by atoms with van der Waals surface area (Å²) in [6, 6.07) is 16.5. The lowest BCUT2D eigenvalue weighted by Gasteiger charge is -2.14. The topological polar surface area (TPSA) is 37.8 Å². The van der Waals surface area contributed by atoms with Gasteiger partial charge in [0.05, 0.1) is 11.2 Å². The smallest absolute Gasteiger partial charge is 0.173 e. The van der Waals surface area contributed by atoms with Crippen LogP contribution in [0.2, 0.25) is 0 Å². The molecular formula is C20H13F2N3. The molecule has 0 aliphatic rings. The molecule has 0 atom stereocenters. The summed E-state index contributed by atoms with van der Waals surface area (Å²) in [5.74, 6) is -0.961. The highest BCUT2D eigenvalue weighted by molar-refractivity contribution is 5.95. The first-order valence-electron chi connectivity index (χ1n) is 7.73. The van der Waals surface area contributed by atoms with Crippen molar-refractivity contribution in [1.82, 2.24) is 9.97 Å². The second-order valence-corrected chi connectivity index (χ2v) is 5.54. The molecule has 122 valence electrons. The van der Waals surface area contributed by atoms with Crippen LogP contribution in [0.15, 0.2) is 73.1 Å². The fraction of sp³-hybridized carbons (Fsp3) is 0. The molecule has 4 rings (SSSR count). The lowest BCUT2D eigenvalue weighted by molar-refractivity contribution is 0.624. The number of anilines is 2. The van der Waals surface area contributed by atoms with Crippen molar-refractivity contribution in [2.24, 2.45) is 0 Å². The number of rotatable bonds is 3. The van der Waals surface area contributed by atoms with Gasteiger partial charge in [0.2, 0.25) is 0 Å². The molecule has 2 aromatic heterocycles. The van der Waals surface area contributed by atoms with E-state index in [0.29, 0.717) is 27.8 Å². The van der Waals surface area contributed by atoms with Gasteiger partial charge in [-0.1, -0.05) is 30.3 Å². The SMILES string of the molecule is Fc1cccc(-c2nc3ccccc3c(Nc3ccncc3)c2F)c1. The summed E-state index contributed by atoms with van der Waals surface area (Å²) in [5.41, 5.74) is 2.13. The van der Waals surface area contributed by atoms with Crippen LogP contribution in [-0.4, -0.2) is 9.97 Å². The minimum Gasteiger partial charge on any atom is -0.352 e. The summed E-state index contributed by atoms with van der Waals surface area (Å²) < 4.78 is 28.8. The Labute approximate surface area is 143 Å². The van der Waals surface area contributed by atoms with Gasteiger partial charge in [-0.25, -0.2) is 13.8 Å². The minimum absolute atomic E-state index is 0.106. The van der Waals surface area contributed by atoms with Crippen LogP contribution in [0.3, 0.4) is 0 Å². The summed E-state index contributed by atoms with van der Waals surface area (Å²) in [5, 5.41) is 3.74. The molecule has 0 bridgehead atoms. The molecule has 0 amide bonds. The predicted molar refractivity (Wildman–Crippen MR) is 94.6 cm³/mol. The summed E-state index contributed by atoms with van der Waals surface area (Å²) in [4.78, 5) is 8.35. The van der Waals surface area contributed by atoms with Crippen molar-refractivity contribution in [2.75, 3.05) is 5.32 Å². The van der Waals surface area contributed by atoms with Crippen molar-refractivity contribution in [3.63, 3.8) is 0 Å². The number of aromatic nitrogens is 2. The summed E-state index contributed by atoms with van der Waals surface area (Å²) in [6.07, 6.45) is 3.24. The maximum atomic E-state index is 15.2. The predicted octanol–water partition coefficient (Wildman–Crippen LogP) is 5.32. The number of para-hydroxylation sites is 1. The molecule has 2 aromatic carbocycles. The van der Waals surface area contributed by atoms with Crippen LogP contribution >= 0.6 is 0 Å². The number of hydrogen-bond donors (Lipinski definition) is 1. The van der Waals surface area contributed by atoms with Crippen LogP contribution in [0.5, 0.6) is 0 Å². The van der Waals surface area contributed by atoms with Gasteiger partial charge in [0, 0.05) is 29.0 Å². The molecule has 1 N–H and O–H groups in total. The van der Waals surface area contributed by atoms with Crippen LogP contribution in [0.25, 0.3) is 22.2 Å². The molecule has 4 aromatic rings.